The zero-order valence-corrected chi connectivity index (χ0v) is 13.6. The van der Waals surface area contributed by atoms with Crippen molar-refractivity contribution in [2.24, 2.45) is 0 Å². The zero-order chi connectivity index (χ0) is 15.8. The van der Waals surface area contributed by atoms with E-state index in [1.807, 2.05) is 24.3 Å². The highest BCUT2D eigenvalue weighted by atomic mass is 15.1. The molecule has 0 heterocycles. The molecule has 2 aromatic rings. The molecule has 0 aliphatic rings. The van der Waals surface area contributed by atoms with Crippen LogP contribution < -0.4 is 11.1 Å². The van der Waals surface area contributed by atoms with E-state index in [2.05, 4.69) is 54.4 Å². The molecule has 2 aromatic carbocycles. The third kappa shape index (κ3) is 4.33. The molecule has 0 spiro atoms. The lowest BCUT2D eigenvalue weighted by Gasteiger charge is -2.24. The summed E-state index contributed by atoms with van der Waals surface area (Å²) in [6, 6.07) is 18.8. The maximum Gasteiger partial charge on any atom is 0.0597 e. The van der Waals surface area contributed by atoms with Crippen LogP contribution >= 0.6 is 0 Å². The lowest BCUT2D eigenvalue weighted by atomic mass is 9.97. The number of para-hydroxylation sites is 1. The van der Waals surface area contributed by atoms with Crippen molar-refractivity contribution >= 4 is 5.69 Å². The van der Waals surface area contributed by atoms with Crippen LogP contribution in [-0.4, -0.2) is 31.1 Å². The molecular formula is C19H27N3. The molecule has 2 rings (SSSR count). The number of nitrogens with one attached hydrogen (secondary N) is 1. The second-order valence-electron chi connectivity index (χ2n) is 5.45. The summed E-state index contributed by atoms with van der Waals surface area (Å²) in [5.74, 6) is 0. The monoisotopic (exact) mass is 297 g/mol. The van der Waals surface area contributed by atoms with Crippen LogP contribution in [-0.2, 0) is 0 Å². The molecular weight excluding hydrogens is 270 g/mol. The van der Waals surface area contributed by atoms with Gasteiger partial charge in [-0.3, -0.25) is 0 Å². The van der Waals surface area contributed by atoms with E-state index in [0.29, 0.717) is 0 Å². The smallest absolute Gasteiger partial charge is 0.0597 e. The maximum atomic E-state index is 6.19. The van der Waals surface area contributed by atoms with Crippen molar-refractivity contribution in [3.05, 3.63) is 65.7 Å². The molecule has 3 N–H and O–H groups in total. The Kier molecular flexibility index (Phi) is 6.44. The Morgan fingerprint density at radius 2 is 1.59 bits per heavy atom. The van der Waals surface area contributed by atoms with Gasteiger partial charge in [0.2, 0.25) is 0 Å². The Bertz CT molecular complexity index is 550. The van der Waals surface area contributed by atoms with Crippen LogP contribution in [0.2, 0.25) is 0 Å². The van der Waals surface area contributed by atoms with Gasteiger partial charge >= 0.3 is 0 Å². The molecule has 22 heavy (non-hydrogen) atoms. The van der Waals surface area contributed by atoms with E-state index in [9.17, 15) is 0 Å². The van der Waals surface area contributed by atoms with Crippen molar-refractivity contribution < 1.29 is 0 Å². The Morgan fingerprint density at radius 1 is 0.955 bits per heavy atom. The predicted molar refractivity (Wildman–Crippen MR) is 94.9 cm³/mol. The third-order valence-electron chi connectivity index (χ3n) is 4.11. The molecule has 0 aliphatic heterocycles. The Balaban J connectivity index is 2.15. The molecule has 0 bridgehead atoms. The minimum Gasteiger partial charge on any atom is -0.398 e. The van der Waals surface area contributed by atoms with Crippen molar-refractivity contribution in [3.63, 3.8) is 0 Å². The minimum absolute atomic E-state index is 0.137. The average molecular weight is 297 g/mol. The zero-order valence-electron chi connectivity index (χ0n) is 13.6. The SMILES string of the molecule is CCN(CC)CCNC(c1ccccc1)c1ccccc1N. The molecule has 0 radical (unpaired) electrons. The number of likely N-dealkylation sites (N-methyl/N-ethyl adjacent to an activating group) is 1. The summed E-state index contributed by atoms with van der Waals surface area (Å²) in [7, 11) is 0. The number of anilines is 1. The van der Waals surface area contributed by atoms with Gasteiger partial charge in [0.05, 0.1) is 6.04 Å². The largest absolute Gasteiger partial charge is 0.398 e. The average Bonchev–Trinajstić information content (AvgIpc) is 2.57. The topological polar surface area (TPSA) is 41.3 Å². The third-order valence-corrected chi connectivity index (χ3v) is 4.11. The maximum absolute atomic E-state index is 6.19. The standard InChI is InChI=1S/C19H27N3/c1-3-22(4-2)15-14-21-19(16-10-6-5-7-11-16)17-12-8-9-13-18(17)20/h5-13,19,21H,3-4,14-15,20H2,1-2H3. The minimum atomic E-state index is 0.137. The summed E-state index contributed by atoms with van der Waals surface area (Å²) in [6.45, 7) is 8.56. The number of nitrogen functional groups attached to an aromatic ring is 1. The van der Waals surface area contributed by atoms with Crippen molar-refractivity contribution in [2.45, 2.75) is 19.9 Å². The molecule has 118 valence electrons. The molecule has 1 atom stereocenters. The Labute approximate surface area is 134 Å². The van der Waals surface area contributed by atoms with Crippen LogP contribution in [0.3, 0.4) is 0 Å². The van der Waals surface area contributed by atoms with Crippen LogP contribution in [0.25, 0.3) is 0 Å². The second-order valence-corrected chi connectivity index (χ2v) is 5.45. The number of hydrogen-bond donors (Lipinski definition) is 2. The van der Waals surface area contributed by atoms with Crippen LogP contribution in [0, 0.1) is 0 Å². The van der Waals surface area contributed by atoms with E-state index in [4.69, 9.17) is 5.73 Å². The summed E-state index contributed by atoms with van der Waals surface area (Å²) in [6.07, 6.45) is 0. The highest BCUT2D eigenvalue weighted by Gasteiger charge is 2.15. The molecule has 0 fully saturated rings. The lowest BCUT2D eigenvalue weighted by molar-refractivity contribution is 0.299. The molecule has 0 aliphatic carbocycles. The number of hydrogen-bond acceptors (Lipinski definition) is 3. The predicted octanol–water partition coefficient (Wildman–Crippen LogP) is 3.29. The molecule has 3 nitrogen and oxygen atoms in total. The number of nitrogens with zero attached hydrogens (tertiary/aromatic N) is 1. The van der Waals surface area contributed by atoms with Crippen molar-refractivity contribution in [1.29, 1.82) is 0 Å². The normalized spacial score (nSPS) is 12.5. The van der Waals surface area contributed by atoms with E-state index in [1.54, 1.807) is 0 Å². The van der Waals surface area contributed by atoms with Crippen LogP contribution in [0.1, 0.15) is 31.0 Å². The van der Waals surface area contributed by atoms with Gasteiger partial charge in [0, 0.05) is 18.8 Å². The number of benzene rings is 2. The summed E-state index contributed by atoms with van der Waals surface area (Å²) >= 11 is 0. The van der Waals surface area contributed by atoms with Gasteiger partial charge in [0.25, 0.3) is 0 Å². The van der Waals surface area contributed by atoms with Gasteiger partial charge in [-0.05, 0) is 30.3 Å². The summed E-state index contributed by atoms with van der Waals surface area (Å²) in [5, 5.41) is 3.67. The van der Waals surface area contributed by atoms with Gasteiger partial charge in [-0.25, -0.2) is 0 Å². The Morgan fingerprint density at radius 3 is 2.23 bits per heavy atom. The summed E-state index contributed by atoms with van der Waals surface area (Å²) in [5.41, 5.74) is 9.43. The fraction of sp³-hybridized carbons (Fsp3) is 0.368. The molecule has 0 saturated heterocycles. The fourth-order valence-corrected chi connectivity index (χ4v) is 2.73. The molecule has 0 aromatic heterocycles. The van der Waals surface area contributed by atoms with Gasteiger partial charge in [-0.15, -0.1) is 0 Å². The van der Waals surface area contributed by atoms with Crippen molar-refractivity contribution in [3.8, 4) is 0 Å². The van der Waals surface area contributed by atoms with E-state index < -0.39 is 0 Å². The molecule has 0 saturated carbocycles. The van der Waals surface area contributed by atoms with E-state index in [0.717, 1.165) is 37.4 Å². The first-order chi connectivity index (χ1) is 10.8. The van der Waals surface area contributed by atoms with Crippen molar-refractivity contribution in [2.75, 3.05) is 31.9 Å². The van der Waals surface area contributed by atoms with Crippen LogP contribution in [0.4, 0.5) is 5.69 Å². The first-order valence-electron chi connectivity index (χ1n) is 8.11. The summed E-state index contributed by atoms with van der Waals surface area (Å²) in [4.78, 5) is 2.42. The van der Waals surface area contributed by atoms with Crippen LogP contribution in [0.15, 0.2) is 54.6 Å². The van der Waals surface area contributed by atoms with Gasteiger partial charge < -0.3 is 16.0 Å². The van der Waals surface area contributed by atoms with Gasteiger partial charge in [-0.2, -0.15) is 0 Å². The first-order valence-corrected chi connectivity index (χ1v) is 8.11. The van der Waals surface area contributed by atoms with Gasteiger partial charge in [0.1, 0.15) is 0 Å². The van der Waals surface area contributed by atoms with E-state index >= 15 is 0 Å². The van der Waals surface area contributed by atoms with Crippen LogP contribution in [0.5, 0.6) is 0 Å². The van der Waals surface area contributed by atoms with Gasteiger partial charge in [0.15, 0.2) is 0 Å². The van der Waals surface area contributed by atoms with Crippen molar-refractivity contribution in [1.82, 2.24) is 10.2 Å². The number of nitrogens with two attached hydrogens (primary N) is 1. The first kappa shape index (κ1) is 16.5. The highest BCUT2D eigenvalue weighted by Crippen LogP contribution is 2.26. The number of rotatable bonds is 8. The van der Waals surface area contributed by atoms with E-state index in [1.165, 1.54) is 5.56 Å². The molecule has 1 unspecified atom stereocenters. The lowest BCUT2D eigenvalue weighted by Crippen LogP contribution is -2.34. The summed E-state index contributed by atoms with van der Waals surface area (Å²) < 4.78 is 0. The van der Waals surface area contributed by atoms with Gasteiger partial charge in [-0.1, -0.05) is 62.4 Å². The highest BCUT2D eigenvalue weighted by molar-refractivity contribution is 5.51. The fourth-order valence-electron chi connectivity index (χ4n) is 2.73. The second kappa shape index (κ2) is 8.57. The Hall–Kier alpha value is -1.84. The molecule has 3 heteroatoms. The molecule has 0 amide bonds. The van der Waals surface area contributed by atoms with E-state index in [-0.39, 0.29) is 6.04 Å². The quantitative estimate of drug-likeness (QED) is 0.735.